The molecular weight excluding hydrogens is 240 g/mol. The van der Waals surface area contributed by atoms with Gasteiger partial charge in [-0.3, -0.25) is 9.52 Å². The van der Waals surface area contributed by atoms with E-state index in [9.17, 15) is 13.2 Å². The van der Waals surface area contributed by atoms with Crippen LogP contribution in [-0.4, -0.2) is 25.6 Å². The molecule has 0 aliphatic heterocycles. The van der Waals surface area contributed by atoms with Gasteiger partial charge in [-0.2, -0.15) is 0 Å². The first kappa shape index (κ1) is 11.5. The van der Waals surface area contributed by atoms with Crippen molar-refractivity contribution in [2.75, 3.05) is 0 Å². The molecule has 3 N–H and O–H groups in total. The molecule has 0 aromatic rings. The van der Waals surface area contributed by atoms with Gasteiger partial charge in [-0.05, 0) is 43.9 Å². The molecule has 3 aliphatic rings. The average molecular weight is 258 g/mol. The van der Waals surface area contributed by atoms with Crippen LogP contribution in [0.15, 0.2) is 0 Å². The van der Waals surface area contributed by atoms with Crippen molar-refractivity contribution in [1.29, 1.82) is 0 Å². The summed E-state index contributed by atoms with van der Waals surface area (Å²) >= 11 is 0. The standard InChI is InChI=1S/C11H18N2O3S/c12-10-7-2-1-6(5-7)9(10)11(14)13-17(15,16)8-3-4-8/h6-10H,1-5,12H2,(H,13,14). The summed E-state index contributed by atoms with van der Waals surface area (Å²) in [5.74, 6) is 0.0580. The number of hydrogen-bond donors (Lipinski definition) is 2. The molecular formula is C11H18N2O3S. The van der Waals surface area contributed by atoms with E-state index in [0.29, 0.717) is 24.7 Å². The van der Waals surface area contributed by atoms with Crippen LogP contribution in [0.1, 0.15) is 32.1 Å². The van der Waals surface area contributed by atoms with Crippen LogP contribution in [0, 0.1) is 17.8 Å². The summed E-state index contributed by atoms with van der Waals surface area (Å²) in [6.07, 6.45) is 4.43. The first-order chi connectivity index (χ1) is 7.99. The molecule has 96 valence electrons. The Morgan fingerprint density at radius 2 is 1.76 bits per heavy atom. The maximum absolute atomic E-state index is 12.0. The minimum atomic E-state index is -3.42. The zero-order chi connectivity index (χ0) is 12.2. The fraction of sp³-hybridized carbons (Fsp3) is 0.909. The van der Waals surface area contributed by atoms with Gasteiger partial charge in [-0.1, -0.05) is 0 Å². The predicted molar refractivity (Wildman–Crippen MR) is 62.4 cm³/mol. The molecule has 3 saturated carbocycles. The lowest BCUT2D eigenvalue weighted by Crippen LogP contribution is -2.47. The predicted octanol–water partition coefficient (Wildman–Crippen LogP) is -0.0318. The maximum atomic E-state index is 12.0. The number of amides is 1. The summed E-state index contributed by atoms with van der Waals surface area (Å²) < 4.78 is 25.6. The van der Waals surface area contributed by atoms with Crippen molar-refractivity contribution < 1.29 is 13.2 Å². The Balaban J connectivity index is 1.70. The largest absolute Gasteiger partial charge is 0.327 e. The summed E-state index contributed by atoms with van der Waals surface area (Å²) in [5, 5.41) is -0.346. The van der Waals surface area contributed by atoms with Gasteiger partial charge in [0.1, 0.15) is 0 Å². The van der Waals surface area contributed by atoms with Crippen LogP contribution < -0.4 is 10.5 Å². The summed E-state index contributed by atoms with van der Waals surface area (Å²) in [6, 6.07) is -0.150. The SMILES string of the molecule is NC1C2CCC(C2)C1C(=O)NS(=O)(=O)C1CC1. The molecule has 0 saturated heterocycles. The van der Waals surface area contributed by atoms with E-state index in [1.807, 2.05) is 0 Å². The van der Waals surface area contributed by atoms with Gasteiger partial charge in [0, 0.05) is 6.04 Å². The fourth-order valence-corrected chi connectivity index (χ4v) is 4.73. The van der Waals surface area contributed by atoms with Crippen molar-refractivity contribution in [1.82, 2.24) is 4.72 Å². The minimum Gasteiger partial charge on any atom is -0.327 e. The third kappa shape index (κ3) is 1.87. The number of hydrogen-bond acceptors (Lipinski definition) is 4. The molecule has 3 rings (SSSR count). The van der Waals surface area contributed by atoms with Crippen molar-refractivity contribution >= 4 is 15.9 Å². The highest BCUT2D eigenvalue weighted by Gasteiger charge is 2.50. The zero-order valence-electron chi connectivity index (χ0n) is 9.63. The molecule has 4 unspecified atom stereocenters. The van der Waals surface area contributed by atoms with Crippen molar-refractivity contribution in [3.63, 3.8) is 0 Å². The van der Waals surface area contributed by atoms with Crippen LogP contribution in [0.3, 0.4) is 0 Å². The zero-order valence-corrected chi connectivity index (χ0v) is 10.4. The van der Waals surface area contributed by atoms with Gasteiger partial charge < -0.3 is 5.73 Å². The lowest BCUT2D eigenvalue weighted by molar-refractivity contribution is -0.125. The smallest absolute Gasteiger partial charge is 0.238 e. The van der Waals surface area contributed by atoms with Crippen LogP contribution in [0.4, 0.5) is 0 Å². The average Bonchev–Trinajstić information content (AvgIpc) is 2.93. The van der Waals surface area contributed by atoms with Gasteiger partial charge in [0.15, 0.2) is 0 Å². The molecule has 0 spiro atoms. The molecule has 5 nitrogen and oxygen atoms in total. The van der Waals surface area contributed by atoms with Crippen LogP contribution in [-0.2, 0) is 14.8 Å². The van der Waals surface area contributed by atoms with E-state index >= 15 is 0 Å². The van der Waals surface area contributed by atoms with Crippen molar-refractivity contribution in [2.24, 2.45) is 23.5 Å². The van der Waals surface area contributed by atoms with Crippen molar-refractivity contribution in [3.8, 4) is 0 Å². The normalized spacial score (nSPS) is 40.5. The molecule has 0 radical (unpaired) electrons. The Labute approximate surface area is 101 Å². The Morgan fingerprint density at radius 1 is 1.12 bits per heavy atom. The van der Waals surface area contributed by atoms with Crippen molar-refractivity contribution in [3.05, 3.63) is 0 Å². The second-order valence-electron chi connectivity index (χ2n) is 5.65. The molecule has 0 aromatic heterocycles. The molecule has 3 aliphatic carbocycles. The maximum Gasteiger partial charge on any atom is 0.238 e. The number of carbonyl (C=O) groups is 1. The van der Waals surface area contributed by atoms with Gasteiger partial charge in [0.25, 0.3) is 0 Å². The summed E-state index contributed by atoms with van der Waals surface area (Å²) in [6.45, 7) is 0. The Kier molecular flexibility index (Phi) is 2.49. The number of sulfonamides is 1. The van der Waals surface area contributed by atoms with Gasteiger partial charge in [0.2, 0.25) is 15.9 Å². The van der Waals surface area contributed by atoms with E-state index in [1.54, 1.807) is 0 Å². The second-order valence-corrected chi connectivity index (χ2v) is 7.61. The van der Waals surface area contributed by atoms with Crippen LogP contribution in [0.2, 0.25) is 0 Å². The molecule has 17 heavy (non-hydrogen) atoms. The third-order valence-electron chi connectivity index (χ3n) is 4.49. The number of nitrogens with two attached hydrogens (primary N) is 1. The highest BCUT2D eigenvalue weighted by Crippen LogP contribution is 2.47. The summed E-state index contributed by atoms with van der Waals surface area (Å²) in [5.41, 5.74) is 6.02. The van der Waals surface area contributed by atoms with E-state index in [1.165, 1.54) is 0 Å². The molecule has 6 heteroatoms. The van der Waals surface area contributed by atoms with E-state index in [4.69, 9.17) is 5.73 Å². The van der Waals surface area contributed by atoms with Crippen LogP contribution in [0.5, 0.6) is 0 Å². The van der Waals surface area contributed by atoms with Crippen molar-refractivity contribution in [2.45, 2.75) is 43.4 Å². The van der Waals surface area contributed by atoms with Gasteiger partial charge in [-0.15, -0.1) is 0 Å². The molecule has 4 atom stereocenters. The van der Waals surface area contributed by atoms with Crippen LogP contribution in [0.25, 0.3) is 0 Å². The first-order valence-electron chi connectivity index (χ1n) is 6.30. The Hall–Kier alpha value is -0.620. The third-order valence-corrected chi connectivity index (χ3v) is 6.32. The monoisotopic (exact) mass is 258 g/mol. The molecule has 3 fully saturated rings. The van der Waals surface area contributed by atoms with E-state index in [2.05, 4.69) is 4.72 Å². The molecule has 1 amide bonds. The van der Waals surface area contributed by atoms with E-state index in [-0.39, 0.29) is 23.1 Å². The molecule has 2 bridgehead atoms. The van der Waals surface area contributed by atoms with Crippen LogP contribution >= 0.6 is 0 Å². The quantitative estimate of drug-likeness (QED) is 0.744. The second kappa shape index (κ2) is 3.68. The minimum absolute atomic E-state index is 0.150. The Morgan fingerprint density at radius 3 is 2.29 bits per heavy atom. The summed E-state index contributed by atoms with van der Waals surface area (Å²) in [7, 11) is -3.42. The number of carbonyl (C=O) groups excluding carboxylic acids is 1. The fourth-order valence-electron chi connectivity index (χ4n) is 3.39. The number of fused-ring (bicyclic) bond motifs is 2. The van der Waals surface area contributed by atoms with Gasteiger partial charge in [-0.25, -0.2) is 8.42 Å². The topological polar surface area (TPSA) is 89.3 Å². The van der Waals surface area contributed by atoms with Gasteiger partial charge >= 0.3 is 0 Å². The highest BCUT2D eigenvalue weighted by molar-refractivity contribution is 7.90. The Bertz CT molecular complexity index is 442. The highest BCUT2D eigenvalue weighted by atomic mass is 32.2. The summed E-state index contributed by atoms with van der Waals surface area (Å²) in [4.78, 5) is 12.0. The number of nitrogens with one attached hydrogen (secondary N) is 1. The van der Waals surface area contributed by atoms with Gasteiger partial charge in [0.05, 0.1) is 11.2 Å². The lowest BCUT2D eigenvalue weighted by Gasteiger charge is -2.26. The van der Waals surface area contributed by atoms with E-state index < -0.39 is 10.0 Å². The van der Waals surface area contributed by atoms with E-state index in [0.717, 1.165) is 19.3 Å². The first-order valence-corrected chi connectivity index (χ1v) is 7.85. The molecule has 0 heterocycles. The molecule has 0 aromatic carbocycles. The number of rotatable bonds is 3. The lowest BCUT2D eigenvalue weighted by atomic mass is 9.84.